The first-order chi connectivity index (χ1) is 9.11. The minimum absolute atomic E-state index is 0.0359. The van der Waals surface area contributed by atoms with Crippen LogP contribution in [0, 0.1) is 5.92 Å². The number of likely N-dealkylation sites (N-methyl/N-ethyl adjacent to an activating group) is 1. The predicted octanol–water partition coefficient (Wildman–Crippen LogP) is 0.631. The second kappa shape index (κ2) is 6.37. The molecule has 2 aliphatic rings. The molecule has 3 N–H and O–H groups in total. The van der Waals surface area contributed by atoms with Crippen molar-refractivity contribution >= 4 is 11.8 Å². The fourth-order valence-corrected chi connectivity index (χ4v) is 3.39. The zero-order valence-corrected chi connectivity index (χ0v) is 11.7. The lowest BCUT2D eigenvalue weighted by Crippen LogP contribution is -2.45. The summed E-state index contributed by atoms with van der Waals surface area (Å²) in [6, 6.07) is -0.00497. The molecule has 5 nitrogen and oxygen atoms in total. The molecule has 2 amide bonds. The third-order valence-corrected chi connectivity index (χ3v) is 4.41. The molecule has 0 aromatic heterocycles. The van der Waals surface area contributed by atoms with E-state index in [9.17, 15) is 9.59 Å². The fraction of sp³-hybridized carbons (Fsp3) is 0.857. The van der Waals surface area contributed by atoms with Gasteiger partial charge in [-0.1, -0.05) is 6.42 Å². The maximum absolute atomic E-state index is 12.4. The van der Waals surface area contributed by atoms with Crippen LogP contribution in [0.2, 0.25) is 0 Å². The number of hydrogen-bond acceptors (Lipinski definition) is 3. The van der Waals surface area contributed by atoms with Crippen LogP contribution < -0.4 is 11.1 Å². The molecule has 0 bridgehead atoms. The van der Waals surface area contributed by atoms with Gasteiger partial charge in [0.15, 0.2) is 0 Å². The van der Waals surface area contributed by atoms with E-state index in [0.717, 1.165) is 45.1 Å². The maximum Gasteiger partial charge on any atom is 0.242 e. The van der Waals surface area contributed by atoms with E-state index < -0.39 is 0 Å². The Morgan fingerprint density at radius 1 is 1.26 bits per heavy atom. The van der Waals surface area contributed by atoms with Crippen LogP contribution in [0.25, 0.3) is 0 Å². The van der Waals surface area contributed by atoms with Crippen LogP contribution in [0.1, 0.15) is 44.9 Å². The van der Waals surface area contributed by atoms with Crippen molar-refractivity contribution < 1.29 is 9.59 Å². The number of rotatable bonds is 3. The van der Waals surface area contributed by atoms with Gasteiger partial charge < -0.3 is 16.0 Å². The first-order valence-electron chi connectivity index (χ1n) is 7.38. The summed E-state index contributed by atoms with van der Waals surface area (Å²) >= 11 is 0. The van der Waals surface area contributed by atoms with E-state index in [1.807, 2.05) is 0 Å². The van der Waals surface area contributed by atoms with Crippen molar-refractivity contribution in [2.24, 2.45) is 11.7 Å². The minimum Gasteiger partial charge on any atom is -0.357 e. The van der Waals surface area contributed by atoms with Crippen molar-refractivity contribution in [2.75, 3.05) is 13.6 Å². The molecule has 3 unspecified atom stereocenters. The molecule has 2 rings (SSSR count). The Kier molecular flexibility index (Phi) is 4.80. The summed E-state index contributed by atoms with van der Waals surface area (Å²) in [5.74, 6) is 0.499. The Labute approximate surface area is 114 Å². The van der Waals surface area contributed by atoms with Gasteiger partial charge in [0.1, 0.15) is 6.04 Å². The van der Waals surface area contributed by atoms with Crippen molar-refractivity contribution in [3.05, 3.63) is 0 Å². The number of nitrogens with two attached hydrogens (primary N) is 1. The van der Waals surface area contributed by atoms with Gasteiger partial charge in [0.25, 0.3) is 0 Å². The Balaban J connectivity index is 1.89. The standard InChI is InChI=1S/C14H25N3O2/c1-16-14(19)12-6-3-7-17(12)13(18)9-10-4-2-5-11(15)8-10/h10-12H,2-9,15H2,1H3,(H,16,19). The second-order valence-corrected chi connectivity index (χ2v) is 5.86. The quantitative estimate of drug-likeness (QED) is 0.787. The maximum atomic E-state index is 12.4. The van der Waals surface area contributed by atoms with E-state index in [1.165, 1.54) is 0 Å². The van der Waals surface area contributed by atoms with Gasteiger partial charge in [-0.25, -0.2) is 0 Å². The van der Waals surface area contributed by atoms with E-state index in [2.05, 4.69) is 5.32 Å². The lowest BCUT2D eigenvalue weighted by molar-refractivity contribution is -0.139. The van der Waals surface area contributed by atoms with Crippen molar-refractivity contribution in [1.82, 2.24) is 10.2 Å². The van der Waals surface area contributed by atoms with Gasteiger partial charge in [0, 0.05) is 26.1 Å². The molecule has 1 saturated carbocycles. The van der Waals surface area contributed by atoms with Crippen molar-refractivity contribution in [3.8, 4) is 0 Å². The highest BCUT2D eigenvalue weighted by molar-refractivity contribution is 5.88. The molecular weight excluding hydrogens is 242 g/mol. The van der Waals surface area contributed by atoms with Gasteiger partial charge in [-0.05, 0) is 38.0 Å². The molecule has 5 heteroatoms. The summed E-state index contributed by atoms with van der Waals surface area (Å²) in [6.45, 7) is 0.718. The minimum atomic E-state index is -0.255. The van der Waals surface area contributed by atoms with Gasteiger partial charge >= 0.3 is 0 Å². The second-order valence-electron chi connectivity index (χ2n) is 5.86. The number of amides is 2. The highest BCUT2D eigenvalue weighted by Crippen LogP contribution is 2.28. The van der Waals surface area contributed by atoms with E-state index in [-0.39, 0.29) is 23.9 Å². The van der Waals surface area contributed by atoms with E-state index in [4.69, 9.17) is 5.73 Å². The number of hydrogen-bond donors (Lipinski definition) is 2. The van der Waals surface area contributed by atoms with Gasteiger partial charge in [-0.3, -0.25) is 9.59 Å². The van der Waals surface area contributed by atoms with Gasteiger partial charge in [0.2, 0.25) is 11.8 Å². The number of likely N-dealkylation sites (tertiary alicyclic amines) is 1. The lowest BCUT2D eigenvalue weighted by Gasteiger charge is -2.29. The molecule has 2 fully saturated rings. The largest absolute Gasteiger partial charge is 0.357 e. The van der Waals surface area contributed by atoms with Crippen LogP contribution in [-0.2, 0) is 9.59 Å². The fourth-order valence-electron chi connectivity index (χ4n) is 3.39. The summed E-state index contributed by atoms with van der Waals surface area (Å²) < 4.78 is 0. The average Bonchev–Trinajstić information content (AvgIpc) is 2.87. The predicted molar refractivity (Wildman–Crippen MR) is 73.4 cm³/mol. The summed E-state index contributed by atoms with van der Waals surface area (Å²) in [5, 5.41) is 2.65. The third-order valence-electron chi connectivity index (χ3n) is 4.41. The van der Waals surface area contributed by atoms with E-state index in [1.54, 1.807) is 11.9 Å². The summed E-state index contributed by atoms with van der Waals surface area (Å²) in [6.07, 6.45) is 6.51. The van der Waals surface area contributed by atoms with Crippen LogP contribution in [0.3, 0.4) is 0 Å². The molecule has 1 aliphatic heterocycles. The molecule has 108 valence electrons. The van der Waals surface area contributed by atoms with Crippen molar-refractivity contribution in [3.63, 3.8) is 0 Å². The highest BCUT2D eigenvalue weighted by Gasteiger charge is 2.34. The summed E-state index contributed by atoms with van der Waals surface area (Å²) in [7, 11) is 1.63. The van der Waals surface area contributed by atoms with Crippen LogP contribution in [0.4, 0.5) is 0 Å². The van der Waals surface area contributed by atoms with Crippen LogP contribution in [0.15, 0.2) is 0 Å². The van der Waals surface area contributed by atoms with Gasteiger partial charge in [0.05, 0.1) is 0 Å². The smallest absolute Gasteiger partial charge is 0.242 e. The average molecular weight is 267 g/mol. The molecule has 0 aromatic rings. The SMILES string of the molecule is CNC(=O)C1CCCN1C(=O)CC1CCCC(N)C1. The Morgan fingerprint density at radius 2 is 2.05 bits per heavy atom. The zero-order valence-electron chi connectivity index (χ0n) is 11.7. The zero-order chi connectivity index (χ0) is 13.8. The molecule has 0 spiro atoms. The number of nitrogens with zero attached hydrogens (tertiary/aromatic N) is 1. The lowest BCUT2D eigenvalue weighted by atomic mass is 9.84. The molecule has 1 saturated heterocycles. The van der Waals surface area contributed by atoms with Crippen molar-refractivity contribution in [2.45, 2.75) is 57.0 Å². The van der Waals surface area contributed by atoms with E-state index in [0.29, 0.717) is 12.3 Å². The number of nitrogens with one attached hydrogen (secondary N) is 1. The highest BCUT2D eigenvalue weighted by atomic mass is 16.2. The Morgan fingerprint density at radius 3 is 2.74 bits per heavy atom. The summed E-state index contributed by atoms with van der Waals surface area (Å²) in [4.78, 5) is 25.9. The van der Waals surface area contributed by atoms with E-state index >= 15 is 0 Å². The summed E-state index contributed by atoms with van der Waals surface area (Å²) in [5.41, 5.74) is 5.96. The number of carbonyl (C=O) groups excluding carboxylic acids is 2. The first kappa shape index (κ1) is 14.3. The molecule has 0 radical (unpaired) electrons. The molecule has 3 atom stereocenters. The normalized spacial score (nSPS) is 31.3. The monoisotopic (exact) mass is 267 g/mol. The molecule has 0 aromatic carbocycles. The van der Waals surface area contributed by atoms with Crippen LogP contribution in [-0.4, -0.2) is 42.4 Å². The van der Waals surface area contributed by atoms with Gasteiger partial charge in [-0.15, -0.1) is 0 Å². The van der Waals surface area contributed by atoms with Crippen molar-refractivity contribution in [1.29, 1.82) is 0 Å². The molecule has 1 heterocycles. The Hall–Kier alpha value is -1.10. The Bertz CT molecular complexity index is 346. The van der Waals surface area contributed by atoms with Gasteiger partial charge in [-0.2, -0.15) is 0 Å². The first-order valence-corrected chi connectivity index (χ1v) is 7.38. The van der Waals surface area contributed by atoms with Crippen LogP contribution >= 0.6 is 0 Å². The molecule has 19 heavy (non-hydrogen) atoms. The topological polar surface area (TPSA) is 75.4 Å². The number of carbonyl (C=O) groups is 2. The van der Waals surface area contributed by atoms with Crippen LogP contribution in [0.5, 0.6) is 0 Å². The third kappa shape index (κ3) is 3.47. The molecular formula is C14H25N3O2. The molecule has 1 aliphatic carbocycles.